The lowest BCUT2D eigenvalue weighted by Crippen LogP contribution is -2.44. The molecule has 120 valence electrons. The summed E-state index contributed by atoms with van der Waals surface area (Å²) in [5.41, 5.74) is -0.316. The highest BCUT2D eigenvalue weighted by atomic mass is 35.5. The van der Waals surface area contributed by atoms with Crippen LogP contribution in [-0.2, 0) is 0 Å². The second-order valence-corrected chi connectivity index (χ2v) is 5.46. The number of nitro benzene ring substituents is 1. The van der Waals surface area contributed by atoms with E-state index >= 15 is 0 Å². The molecule has 0 radical (unpaired) electrons. The third-order valence-corrected chi connectivity index (χ3v) is 3.88. The van der Waals surface area contributed by atoms with Crippen LogP contribution in [-0.4, -0.2) is 35.0 Å². The maximum Gasteiger partial charge on any atom is 0.393 e. The van der Waals surface area contributed by atoms with Crippen molar-refractivity contribution in [2.45, 2.75) is 19.0 Å². The fourth-order valence-corrected chi connectivity index (χ4v) is 2.65. The summed E-state index contributed by atoms with van der Waals surface area (Å²) < 4.78 is 38.3. The number of hydrogen-bond donors (Lipinski definition) is 0. The largest absolute Gasteiger partial charge is 0.393 e. The van der Waals surface area contributed by atoms with Gasteiger partial charge in [0.2, 0.25) is 0 Å². The predicted octanol–water partition coefficient (Wildman–Crippen LogP) is 3.66. The van der Waals surface area contributed by atoms with Crippen LogP contribution in [0.1, 0.15) is 23.2 Å². The topological polar surface area (TPSA) is 63.4 Å². The summed E-state index contributed by atoms with van der Waals surface area (Å²) in [5.74, 6) is -2.20. The zero-order chi connectivity index (χ0) is 16.5. The maximum atomic E-state index is 12.8. The average Bonchev–Trinajstić information content (AvgIpc) is 2.45. The van der Waals surface area contributed by atoms with Crippen molar-refractivity contribution in [2.24, 2.45) is 5.92 Å². The van der Waals surface area contributed by atoms with E-state index in [2.05, 4.69) is 0 Å². The Balaban J connectivity index is 2.19. The molecule has 5 nitrogen and oxygen atoms in total. The number of rotatable bonds is 2. The number of nitrogens with zero attached hydrogens (tertiary/aromatic N) is 2. The van der Waals surface area contributed by atoms with Crippen LogP contribution in [0.4, 0.5) is 18.9 Å². The van der Waals surface area contributed by atoms with E-state index in [1.54, 1.807) is 0 Å². The van der Waals surface area contributed by atoms with Crippen LogP contribution in [0.15, 0.2) is 18.2 Å². The summed E-state index contributed by atoms with van der Waals surface area (Å²) in [7, 11) is 0. The van der Waals surface area contributed by atoms with Gasteiger partial charge in [-0.15, -0.1) is 0 Å². The minimum absolute atomic E-state index is 0.0126. The molecule has 22 heavy (non-hydrogen) atoms. The lowest BCUT2D eigenvalue weighted by Gasteiger charge is -2.33. The quantitative estimate of drug-likeness (QED) is 0.611. The first-order chi connectivity index (χ1) is 10.2. The molecule has 0 spiro atoms. The first-order valence-electron chi connectivity index (χ1n) is 6.50. The van der Waals surface area contributed by atoms with Gasteiger partial charge in [0.1, 0.15) is 0 Å². The summed E-state index contributed by atoms with van der Waals surface area (Å²) >= 11 is 5.84. The number of alkyl halides is 3. The zero-order valence-electron chi connectivity index (χ0n) is 11.3. The van der Waals surface area contributed by atoms with Gasteiger partial charge in [-0.25, -0.2) is 0 Å². The monoisotopic (exact) mass is 336 g/mol. The smallest absolute Gasteiger partial charge is 0.338 e. The molecule has 0 N–H and O–H groups in total. The van der Waals surface area contributed by atoms with Gasteiger partial charge in [0.05, 0.1) is 21.4 Å². The average molecular weight is 337 g/mol. The Hall–Kier alpha value is -1.83. The molecule has 0 bridgehead atoms. The fourth-order valence-electron chi connectivity index (χ4n) is 2.39. The van der Waals surface area contributed by atoms with Crippen molar-refractivity contribution >= 4 is 23.2 Å². The number of carbonyl (C=O) groups excluding carboxylic acids is 1. The Bertz CT molecular complexity index is 607. The summed E-state index contributed by atoms with van der Waals surface area (Å²) in [4.78, 5) is 23.3. The molecule has 0 aromatic heterocycles. The number of nitro groups is 1. The van der Waals surface area contributed by atoms with Crippen LogP contribution < -0.4 is 0 Å². The van der Waals surface area contributed by atoms with Crippen molar-refractivity contribution in [2.75, 3.05) is 13.1 Å². The van der Waals surface area contributed by atoms with Gasteiger partial charge in [0.25, 0.3) is 11.6 Å². The highest BCUT2D eigenvalue weighted by Gasteiger charge is 2.42. The number of hydrogen-bond acceptors (Lipinski definition) is 3. The minimum atomic E-state index is -4.35. The summed E-state index contributed by atoms with van der Waals surface area (Å²) in [6.45, 7) is -0.214. The van der Waals surface area contributed by atoms with Crippen LogP contribution in [0.5, 0.6) is 0 Å². The SMILES string of the molecule is O=C(c1ccc([N+](=O)[O-])cc1Cl)N1CCCC(C(F)(F)F)C1. The maximum absolute atomic E-state index is 12.8. The van der Waals surface area contributed by atoms with Gasteiger partial charge in [-0.2, -0.15) is 13.2 Å². The second kappa shape index (κ2) is 6.12. The molecule has 1 atom stereocenters. The van der Waals surface area contributed by atoms with Crippen LogP contribution >= 0.6 is 11.6 Å². The summed E-state index contributed by atoms with van der Waals surface area (Å²) in [5, 5.41) is 10.5. The van der Waals surface area contributed by atoms with Crippen molar-refractivity contribution in [3.8, 4) is 0 Å². The molecule has 0 saturated carbocycles. The molecule has 1 aliphatic heterocycles. The van der Waals surface area contributed by atoms with E-state index in [0.29, 0.717) is 0 Å². The molecule has 1 amide bonds. The van der Waals surface area contributed by atoms with Gasteiger partial charge in [-0.3, -0.25) is 14.9 Å². The Morgan fingerprint density at radius 2 is 2.09 bits per heavy atom. The van der Waals surface area contributed by atoms with Crippen molar-refractivity contribution in [3.63, 3.8) is 0 Å². The van der Waals surface area contributed by atoms with E-state index in [4.69, 9.17) is 11.6 Å². The number of amides is 1. The van der Waals surface area contributed by atoms with E-state index in [9.17, 15) is 28.1 Å². The molecule has 1 aliphatic rings. The molecule has 1 saturated heterocycles. The third-order valence-electron chi connectivity index (χ3n) is 3.57. The van der Waals surface area contributed by atoms with Crippen molar-refractivity contribution < 1.29 is 22.9 Å². The van der Waals surface area contributed by atoms with E-state index in [-0.39, 0.29) is 35.7 Å². The van der Waals surface area contributed by atoms with Gasteiger partial charge in [-0.1, -0.05) is 11.6 Å². The Morgan fingerprint density at radius 1 is 1.41 bits per heavy atom. The van der Waals surface area contributed by atoms with Crippen molar-refractivity contribution in [3.05, 3.63) is 38.9 Å². The third kappa shape index (κ3) is 3.49. The van der Waals surface area contributed by atoms with Crippen LogP contribution in [0.3, 0.4) is 0 Å². The van der Waals surface area contributed by atoms with Gasteiger partial charge in [-0.05, 0) is 18.9 Å². The molecule has 1 aromatic rings. The number of carbonyl (C=O) groups is 1. The normalized spacial score (nSPS) is 19.1. The lowest BCUT2D eigenvalue weighted by molar-refractivity contribution is -0.384. The molecule has 0 aliphatic carbocycles. The van der Waals surface area contributed by atoms with Crippen molar-refractivity contribution in [1.82, 2.24) is 4.90 Å². The Kier molecular flexibility index (Phi) is 4.60. The molecular formula is C13H12ClF3N2O3. The summed E-state index contributed by atoms with van der Waals surface area (Å²) in [6, 6.07) is 3.28. The molecular weight excluding hydrogens is 325 g/mol. The van der Waals surface area contributed by atoms with E-state index in [1.165, 1.54) is 6.07 Å². The minimum Gasteiger partial charge on any atom is -0.338 e. The van der Waals surface area contributed by atoms with Gasteiger partial charge in [0.15, 0.2) is 0 Å². The lowest BCUT2D eigenvalue weighted by atomic mass is 9.97. The molecule has 1 aromatic carbocycles. The number of piperidine rings is 1. The number of non-ortho nitro benzene ring substituents is 1. The standard InChI is InChI=1S/C13H12ClF3N2O3/c14-11-6-9(19(21)22)3-4-10(11)12(20)18-5-1-2-8(7-18)13(15,16)17/h3-4,6,8H,1-2,5,7H2. The van der Waals surface area contributed by atoms with Gasteiger partial charge >= 0.3 is 6.18 Å². The predicted molar refractivity (Wildman–Crippen MR) is 72.8 cm³/mol. The van der Waals surface area contributed by atoms with Crippen LogP contribution in [0.2, 0.25) is 5.02 Å². The molecule has 1 unspecified atom stereocenters. The first kappa shape index (κ1) is 16.5. The summed E-state index contributed by atoms with van der Waals surface area (Å²) in [6.07, 6.45) is -4.11. The van der Waals surface area contributed by atoms with Crippen LogP contribution in [0, 0.1) is 16.0 Å². The number of likely N-dealkylation sites (tertiary alicyclic amines) is 1. The van der Waals surface area contributed by atoms with Gasteiger partial charge in [0, 0.05) is 25.2 Å². The fraction of sp³-hybridized carbons (Fsp3) is 0.462. The highest BCUT2D eigenvalue weighted by molar-refractivity contribution is 6.34. The molecule has 1 heterocycles. The first-order valence-corrected chi connectivity index (χ1v) is 6.88. The van der Waals surface area contributed by atoms with E-state index in [1.807, 2.05) is 0 Å². The van der Waals surface area contributed by atoms with E-state index in [0.717, 1.165) is 17.0 Å². The molecule has 9 heteroatoms. The molecule has 2 rings (SSSR count). The number of benzene rings is 1. The molecule has 1 fully saturated rings. The highest BCUT2D eigenvalue weighted by Crippen LogP contribution is 2.34. The zero-order valence-corrected chi connectivity index (χ0v) is 12.0. The Labute approximate surface area is 128 Å². The van der Waals surface area contributed by atoms with Gasteiger partial charge < -0.3 is 4.90 Å². The van der Waals surface area contributed by atoms with Crippen molar-refractivity contribution in [1.29, 1.82) is 0 Å². The van der Waals surface area contributed by atoms with E-state index < -0.39 is 29.5 Å². The second-order valence-electron chi connectivity index (χ2n) is 5.05. The Morgan fingerprint density at radius 3 is 2.64 bits per heavy atom. The number of halogens is 4. The van der Waals surface area contributed by atoms with Crippen LogP contribution in [0.25, 0.3) is 0 Å².